The number of aryl methyl sites for hydroxylation is 3. The lowest BCUT2D eigenvalue weighted by molar-refractivity contribution is 0.780. The van der Waals surface area contributed by atoms with Gasteiger partial charge in [-0.1, -0.05) is 0 Å². The zero-order valence-corrected chi connectivity index (χ0v) is 9.33. The molecule has 2 heterocycles. The summed E-state index contributed by atoms with van der Waals surface area (Å²) >= 11 is 0. The van der Waals surface area contributed by atoms with Crippen molar-refractivity contribution in [2.45, 2.75) is 27.3 Å². The molecule has 4 nitrogen and oxygen atoms in total. The molecule has 4 heteroatoms. The van der Waals surface area contributed by atoms with E-state index in [2.05, 4.69) is 46.1 Å². The minimum atomic E-state index is 0.742. The van der Waals surface area contributed by atoms with Crippen molar-refractivity contribution in [1.82, 2.24) is 14.6 Å². The number of imidazole rings is 1. The van der Waals surface area contributed by atoms with E-state index in [0.717, 1.165) is 17.9 Å². The molecule has 2 aromatic rings. The highest BCUT2D eigenvalue weighted by atomic mass is 15.4. The van der Waals surface area contributed by atoms with Crippen LogP contribution in [0.15, 0.2) is 18.5 Å². The van der Waals surface area contributed by atoms with Gasteiger partial charge in [-0.05, 0) is 32.9 Å². The van der Waals surface area contributed by atoms with Crippen LogP contribution in [0.3, 0.4) is 0 Å². The number of hydrogen-bond donors (Lipinski definition) is 2. The Morgan fingerprint density at radius 1 is 1.27 bits per heavy atom. The normalized spacial score (nSPS) is 10.6. The molecule has 80 valence electrons. The van der Waals surface area contributed by atoms with Gasteiger partial charge in [0.1, 0.15) is 0 Å². The van der Waals surface area contributed by atoms with Crippen LogP contribution in [-0.4, -0.2) is 14.6 Å². The molecule has 0 atom stereocenters. The quantitative estimate of drug-likeness (QED) is 0.801. The molecule has 0 saturated carbocycles. The Morgan fingerprint density at radius 3 is 2.47 bits per heavy atom. The van der Waals surface area contributed by atoms with Crippen LogP contribution in [0.4, 0.5) is 0 Å². The molecule has 2 N–H and O–H groups in total. The van der Waals surface area contributed by atoms with Gasteiger partial charge in [-0.3, -0.25) is 4.68 Å². The minimum absolute atomic E-state index is 0.742. The maximum Gasteiger partial charge on any atom is 0.0925 e. The van der Waals surface area contributed by atoms with E-state index in [1.165, 1.54) is 11.4 Å². The molecule has 0 spiro atoms. The second-order valence-electron chi connectivity index (χ2n) is 3.76. The van der Waals surface area contributed by atoms with Crippen LogP contribution in [0.2, 0.25) is 0 Å². The molecule has 2 rings (SSSR count). The fourth-order valence-electron chi connectivity index (χ4n) is 1.64. The lowest BCUT2D eigenvalue weighted by Crippen LogP contribution is -2.17. The largest absolute Gasteiger partial charge is 0.348 e. The van der Waals surface area contributed by atoms with Gasteiger partial charge in [0.2, 0.25) is 0 Å². The standard InChI is InChI=1S/C11H16N4/c1-8-4-5-9(2)15(8)14-6-11-10(3)12-7-13-11/h4-5,7,14H,6H2,1-3H3,(H,12,13). The van der Waals surface area contributed by atoms with Gasteiger partial charge >= 0.3 is 0 Å². The smallest absolute Gasteiger partial charge is 0.0925 e. The number of hydrogen-bond acceptors (Lipinski definition) is 2. The third-order valence-electron chi connectivity index (χ3n) is 2.61. The van der Waals surface area contributed by atoms with Crippen molar-refractivity contribution in [3.63, 3.8) is 0 Å². The summed E-state index contributed by atoms with van der Waals surface area (Å²) in [4.78, 5) is 7.31. The molecule has 0 aliphatic heterocycles. The third kappa shape index (κ3) is 1.88. The minimum Gasteiger partial charge on any atom is -0.348 e. The number of rotatable bonds is 3. The van der Waals surface area contributed by atoms with Crippen molar-refractivity contribution in [3.05, 3.63) is 41.2 Å². The zero-order chi connectivity index (χ0) is 10.8. The van der Waals surface area contributed by atoms with E-state index in [4.69, 9.17) is 0 Å². The van der Waals surface area contributed by atoms with E-state index in [1.807, 2.05) is 6.92 Å². The molecule has 0 aliphatic rings. The monoisotopic (exact) mass is 204 g/mol. The van der Waals surface area contributed by atoms with Crippen molar-refractivity contribution in [2.75, 3.05) is 5.43 Å². The molecule has 0 saturated heterocycles. The molecule has 0 radical (unpaired) electrons. The fraction of sp³-hybridized carbons (Fsp3) is 0.364. The predicted octanol–water partition coefficient (Wildman–Crippen LogP) is 1.88. The summed E-state index contributed by atoms with van der Waals surface area (Å²) < 4.78 is 2.08. The van der Waals surface area contributed by atoms with Crippen molar-refractivity contribution in [2.24, 2.45) is 0 Å². The molecule has 0 amide bonds. The summed E-state index contributed by atoms with van der Waals surface area (Å²) in [5, 5.41) is 0. The summed E-state index contributed by atoms with van der Waals surface area (Å²) in [6.07, 6.45) is 1.72. The Balaban J connectivity index is 2.08. The van der Waals surface area contributed by atoms with E-state index in [1.54, 1.807) is 6.33 Å². The summed E-state index contributed by atoms with van der Waals surface area (Å²) in [7, 11) is 0. The van der Waals surface area contributed by atoms with Gasteiger partial charge < -0.3 is 10.4 Å². The highest BCUT2D eigenvalue weighted by molar-refractivity contribution is 5.17. The van der Waals surface area contributed by atoms with Gasteiger partial charge in [-0.15, -0.1) is 0 Å². The van der Waals surface area contributed by atoms with Crippen LogP contribution in [0.25, 0.3) is 0 Å². The van der Waals surface area contributed by atoms with Gasteiger partial charge in [0.05, 0.1) is 18.6 Å². The summed E-state index contributed by atoms with van der Waals surface area (Å²) in [5.74, 6) is 0. The van der Waals surface area contributed by atoms with Gasteiger partial charge in [-0.2, -0.15) is 0 Å². The van der Waals surface area contributed by atoms with Gasteiger partial charge in [0.15, 0.2) is 0 Å². The number of nitrogens with one attached hydrogen (secondary N) is 2. The fourth-order valence-corrected chi connectivity index (χ4v) is 1.64. The molecule has 2 aromatic heterocycles. The first kappa shape index (κ1) is 9.83. The van der Waals surface area contributed by atoms with Crippen molar-refractivity contribution in [1.29, 1.82) is 0 Å². The van der Waals surface area contributed by atoms with E-state index in [-0.39, 0.29) is 0 Å². The maximum atomic E-state index is 4.24. The molecule has 15 heavy (non-hydrogen) atoms. The van der Waals surface area contributed by atoms with Crippen LogP contribution < -0.4 is 5.43 Å². The third-order valence-corrected chi connectivity index (χ3v) is 2.61. The lowest BCUT2D eigenvalue weighted by Gasteiger charge is -2.11. The molecule has 0 bridgehead atoms. The summed E-state index contributed by atoms with van der Waals surface area (Å²) in [6.45, 7) is 6.93. The first-order valence-corrected chi connectivity index (χ1v) is 5.06. The number of nitrogens with zero attached hydrogens (tertiary/aromatic N) is 2. The first-order chi connectivity index (χ1) is 7.18. The topological polar surface area (TPSA) is 45.6 Å². The average Bonchev–Trinajstić information content (AvgIpc) is 2.73. The SMILES string of the molecule is Cc1[nH]cnc1CNn1c(C)ccc1C. The second kappa shape index (κ2) is 3.81. The van der Waals surface area contributed by atoms with Crippen LogP contribution in [-0.2, 0) is 6.54 Å². The van der Waals surface area contributed by atoms with Crippen LogP contribution in [0.5, 0.6) is 0 Å². The molecule has 0 aliphatic carbocycles. The number of H-pyrrole nitrogens is 1. The summed E-state index contributed by atoms with van der Waals surface area (Å²) in [5.41, 5.74) is 7.93. The lowest BCUT2D eigenvalue weighted by atomic mass is 10.3. The Bertz CT molecular complexity index is 433. The number of aromatic amines is 1. The van der Waals surface area contributed by atoms with Crippen molar-refractivity contribution in [3.8, 4) is 0 Å². The highest BCUT2D eigenvalue weighted by Crippen LogP contribution is 2.06. The Morgan fingerprint density at radius 2 is 1.93 bits per heavy atom. The molecule has 0 fully saturated rings. The van der Waals surface area contributed by atoms with Gasteiger partial charge in [0, 0.05) is 17.1 Å². The Kier molecular flexibility index (Phi) is 2.49. The van der Waals surface area contributed by atoms with Crippen LogP contribution in [0, 0.1) is 20.8 Å². The van der Waals surface area contributed by atoms with Crippen molar-refractivity contribution < 1.29 is 0 Å². The Hall–Kier alpha value is -1.71. The average molecular weight is 204 g/mol. The maximum absolute atomic E-state index is 4.24. The number of aromatic nitrogens is 3. The van der Waals surface area contributed by atoms with E-state index >= 15 is 0 Å². The van der Waals surface area contributed by atoms with E-state index in [9.17, 15) is 0 Å². The zero-order valence-electron chi connectivity index (χ0n) is 9.33. The van der Waals surface area contributed by atoms with Crippen LogP contribution in [0.1, 0.15) is 22.8 Å². The van der Waals surface area contributed by atoms with Crippen molar-refractivity contribution >= 4 is 0 Å². The van der Waals surface area contributed by atoms with Gasteiger partial charge in [0.25, 0.3) is 0 Å². The van der Waals surface area contributed by atoms with Gasteiger partial charge in [-0.25, -0.2) is 4.98 Å². The summed E-state index contributed by atoms with van der Waals surface area (Å²) in [6, 6.07) is 4.19. The van der Waals surface area contributed by atoms with Crippen LogP contribution >= 0.6 is 0 Å². The molecule has 0 unspecified atom stereocenters. The first-order valence-electron chi connectivity index (χ1n) is 5.06. The predicted molar refractivity (Wildman–Crippen MR) is 60.3 cm³/mol. The highest BCUT2D eigenvalue weighted by Gasteiger charge is 2.03. The molecule has 0 aromatic carbocycles. The molecular weight excluding hydrogens is 188 g/mol. The van der Waals surface area contributed by atoms with E-state index < -0.39 is 0 Å². The van der Waals surface area contributed by atoms with E-state index in [0.29, 0.717) is 0 Å². The molecular formula is C11H16N4. The Labute approximate surface area is 89.3 Å². The second-order valence-corrected chi connectivity index (χ2v) is 3.76.